The van der Waals surface area contributed by atoms with Crippen LogP contribution in [0.5, 0.6) is 5.75 Å². The van der Waals surface area contributed by atoms with E-state index in [9.17, 15) is 9.59 Å². The molecule has 28 heavy (non-hydrogen) atoms. The molecule has 5 rings (SSSR count). The topological polar surface area (TPSA) is 59.1 Å². The maximum Gasteiger partial charge on any atom is 0.230 e. The van der Waals surface area contributed by atoms with E-state index < -0.39 is 11.5 Å². The molecule has 0 saturated carbocycles. The van der Waals surface area contributed by atoms with Crippen LogP contribution >= 0.6 is 0 Å². The maximum atomic E-state index is 13.3. The Kier molecular flexibility index (Phi) is 4.19. The van der Waals surface area contributed by atoms with Gasteiger partial charge in [-0.15, -0.1) is 0 Å². The first-order valence-corrected chi connectivity index (χ1v) is 10.2. The summed E-state index contributed by atoms with van der Waals surface area (Å²) < 4.78 is 11.5. The van der Waals surface area contributed by atoms with Crippen molar-refractivity contribution >= 4 is 11.8 Å². The van der Waals surface area contributed by atoms with Gasteiger partial charge in [-0.2, -0.15) is 0 Å². The fraction of sp³-hybridized carbons (Fsp3) is 0.545. The average Bonchev–Trinajstić information content (AvgIpc) is 3.37. The molecule has 2 bridgehead atoms. The van der Waals surface area contributed by atoms with Crippen LogP contribution in [0.2, 0.25) is 0 Å². The highest BCUT2D eigenvalue weighted by molar-refractivity contribution is 5.93. The predicted octanol–water partition coefficient (Wildman–Crippen LogP) is 1.99. The Hall–Kier alpha value is -2.34. The highest BCUT2D eigenvalue weighted by atomic mass is 16.5. The van der Waals surface area contributed by atoms with Crippen molar-refractivity contribution in [2.75, 3.05) is 26.7 Å². The molecule has 4 heterocycles. The molecule has 0 aliphatic carbocycles. The Morgan fingerprint density at radius 2 is 2.11 bits per heavy atom. The molecule has 6 nitrogen and oxygen atoms in total. The Labute approximate surface area is 165 Å². The van der Waals surface area contributed by atoms with Crippen LogP contribution in [0.15, 0.2) is 36.4 Å². The molecule has 0 radical (unpaired) electrons. The second-order valence-electron chi connectivity index (χ2n) is 8.33. The number of benzene rings is 1. The molecule has 0 unspecified atom stereocenters. The summed E-state index contributed by atoms with van der Waals surface area (Å²) in [5.41, 5.74) is 0.373. The summed E-state index contributed by atoms with van der Waals surface area (Å²) in [5, 5.41) is 0. The zero-order valence-corrected chi connectivity index (χ0v) is 16.2. The van der Waals surface area contributed by atoms with Crippen molar-refractivity contribution in [2.24, 2.45) is 11.8 Å². The van der Waals surface area contributed by atoms with Crippen LogP contribution in [0.1, 0.15) is 24.8 Å². The van der Waals surface area contributed by atoms with E-state index in [0.717, 1.165) is 37.2 Å². The van der Waals surface area contributed by atoms with Gasteiger partial charge in [-0.05, 0) is 37.0 Å². The zero-order valence-electron chi connectivity index (χ0n) is 16.2. The number of fused-ring (bicyclic) bond motifs is 1. The van der Waals surface area contributed by atoms with Crippen molar-refractivity contribution in [3.8, 4) is 5.75 Å². The lowest BCUT2D eigenvalue weighted by Gasteiger charge is -2.32. The van der Waals surface area contributed by atoms with Gasteiger partial charge in [-0.3, -0.25) is 9.59 Å². The van der Waals surface area contributed by atoms with E-state index in [4.69, 9.17) is 9.47 Å². The lowest BCUT2D eigenvalue weighted by Crippen LogP contribution is -2.47. The zero-order chi connectivity index (χ0) is 19.3. The maximum absolute atomic E-state index is 13.3. The van der Waals surface area contributed by atoms with Gasteiger partial charge in [-0.1, -0.05) is 24.3 Å². The first kappa shape index (κ1) is 17.7. The number of carbonyl (C=O) groups is 2. The van der Waals surface area contributed by atoms with Crippen molar-refractivity contribution in [1.29, 1.82) is 0 Å². The Balaban J connectivity index is 1.38. The van der Waals surface area contributed by atoms with Crippen molar-refractivity contribution in [3.63, 3.8) is 0 Å². The van der Waals surface area contributed by atoms with Crippen LogP contribution in [0.25, 0.3) is 0 Å². The van der Waals surface area contributed by atoms with Crippen molar-refractivity contribution in [3.05, 3.63) is 42.0 Å². The minimum absolute atomic E-state index is 0.0324. The molecule has 1 aromatic rings. The van der Waals surface area contributed by atoms with E-state index in [-0.39, 0.29) is 23.8 Å². The summed E-state index contributed by atoms with van der Waals surface area (Å²) >= 11 is 0. The van der Waals surface area contributed by atoms with Gasteiger partial charge in [0, 0.05) is 19.6 Å². The van der Waals surface area contributed by atoms with Crippen molar-refractivity contribution in [1.82, 2.24) is 9.80 Å². The first-order chi connectivity index (χ1) is 13.6. The summed E-state index contributed by atoms with van der Waals surface area (Å²) in [4.78, 5) is 30.4. The second-order valence-corrected chi connectivity index (χ2v) is 8.33. The highest BCUT2D eigenvalue weighted by Crippen LogP contribution is 2.52. The number of likely N-dealkylation sites (tertiary alicyclic amines) is 2. The number of hydrogen-bond donors (Lipinski definition) is 0. The predicted molar refractivity (Wildman–Crippen MR) is 103 cm³/mol. The number of hydrogen-bond acceptors (Lipinski definition) is 4. The van der Waals surface area contributed by atoms with E-state index >= 15 is 0 Å². The third-order valence-electron chi connectivity index (χ3n) is 6.64. The van der Waals surface area contributed by atoms with Gasteiger partial charge in [0.2, 0.25) is 11.8 Å². The summed E-state index contributed by atoms with van der Waals surface area (Å²) in [5.74, 6) is 0.119. The molecule has 1 aromatic carbocycles. The number of amides is 2. The summed E-state index contributed by atoms with van der Waals surface area (Å²) in [6.07, 6.45) is 7.02. The standard InChI is InChI=1S/C22H26N2O4/c1-27-16-7-5-6-15(12-16)13-24-14-22-9-8-17(28-22)18(19(22)21(24)26)20(25)23-10-3-2-4-11-23/h5-9,12,17-19H,2-4,10-11,13-14H2,1H3/t17-,18-,19-,22-/m0/s1. The van der Waals surface area contributed by atoms with Crippen LogP contribution in [0, 0.1) is 11.8 Å². The monoisotopic (exact) mass is 382 g/mol. The van der Waals surface area contributed by atoms with E-state index in [0.29, 0.717) is 13.1 Å². The minimum Gasteiger partial charge on any atom is -0.497 e. The molecular formula is C22H26N2O4. The van der Waals surface area contributed by atoms with Crippen LogP contribution in [0.3, 0.4) is 0 Å². The molecule has 0 N–H and O–H groups in total. The summed E-state index contributed by atoms with van der Waals surface area (Å²) in [6.45, 7) is 2.60. The number of carbonyl (C=O) groups excluding carboxylic acids is 2. The normalized spacial score (nSPS) is 33.5. The lowest BCUT2D eigenvalue weighted by molar-refractivity contribution is -0.144. The largest absolute Gasteiger partial charge is 0.497 e. The molecule has 3 saturated heterocycles. The summed E-state index contributed by atoms with van der Waals surface area (Å²) in [7, 11) is 1.64. The SMILES string of the molecule is COc1cccc(CN2C[C@]34C=C[C@H](O3)[C@H](C(=O)N3CCCCC3)[C@H]4C2=O)c1. The molecule has 4 atom stereocenters. The number of piperidine rings is 1. The van der Waals surface area contributed by atoms with Gasteiger partial charge in [-0.25, -0.2) is 0 Å². The molecule has 4 aliphatic rings. The third-order valence-corrected chi connectivity index (χ3v) is 6.64. The van der Waals surface area contributed by atoms with Crippen LogP contribution in [0.4, 0.5) is 0 Å². The van der Waals surface area contributed by atoms with Crippen LogP contribution in [-0.4, -0.2) is 60.1 Å². The molecule has 0 aromatic heterocycles. The van der Waals surface area contributed by atoms with Crippen molar-refractivity contribution < 1.29 is 19.1 Å². The fourth-order valence-electron chi connectivity index (χ4n) is 5.31. The smallest absolute Gasteiger partial charge is 0.230 e. The van der Waals surface area contributed by atoms with Gasteiger partial charge in [0.25, 0.3) is 0 Å². The second kappa shape index (κ2) is 6.62. The Morgan fingerprint density at radius 1 is 1.29 bits per heavy atom. The molecule has 1 spiro atoms. The van der Waals surface area contributed by atoms with Gasteiger partial charge in [0.05, 0.1) is 31.6 Å². The van der Waals surface area contributed by atoms with E-state index in [1.807, 2.05) is 46.2 Å². The van der Waals surface area contributed by atoms with E-state index in [1.54, 1.807) is 7.11 Å². The molecule has 6 heteroatoms. The molecule has 3 fully saturated rings. The average molecular weight is 382 g/mol. The van der Waals surface area contributed by atoms with Gasteiger partial charge in [0.15, 0.2) is 0 Å². The molecule has 4 aliphatic heterocycles. The van der Waals surface area contributed by atoms with E-state index in [2.05, 4.69) is 0 Å². The lowest BCUT2D eigenvalue weighted by atomic mass is 9.76. The number of nitrogens with zero attached hydrogens (tertiary/aromatic N) is 2. The van der Waals surface area contributed by atoms with Gasteiger partial charge < -0.3 is 19.3 Å². The number of ether oxygens (including phenoxy) is 2. The molecule has 2 amide bonds. The fourth-order valence-corrected chi connectivity index (χ4v) is 5.31. The Bertz CT molecular complexity index is 832. The Morgan fingerprint density at radius 3 is 2.89 bits per heavy atom. The number of rotatable bonds is 4. The highest BCUT2D eigenvalue weighted by Gasteiger charge is 2.67. The molecular weight excluding hydrogens is 356 g/mol. The van der Waals surface area contributed by atoms with Gasteiger partial charge in [0.1, 0.15) is 11.4 Å². The van der Waals surface area contributed by atoms with Crippen LogP contribution < -0.4 is 4.74 Å². The minimum atomic E-state index is -0.642. The first-order valence-electron chi connectivity index (χ1n) is 10.2. The quantitative estimate of drug-likeness (QED) is 0.748. The number of methoxy groups -OCH3 is 1. The third kappa shape index (κ3) is 2.65. The molecule has 148 valence electrons. The van der Waals surface area contributed by atoms with Crippen molar-refractivity contribution in [2.45, 2.75) is 37.5 Å². The van der Waals surface area contributed by atoms with Gasteiger partial charge >= 0.3 is 0 Å². The summed E-state index contributed by atoms with van der Waals surface area (Å²) in [6, 6.07) is 7.76. The van der Waals surface area contributed by atoms with Crippen LogP contribution in [-0.2, 0) is 20.9 Å². The van der Waals surface area contributed by atoms with E-state index in [1.165, 1.54) is 6.42 Å².